The van der Waals surface area contributed by atoms with Gasteiger partial charge in [-0.3, -0.25) is 0 Å². The topological polar surface area (TPSA) is 95.4 Å². The maximum atomic E-state index is 11.2. The van der Waals surface area contributed by atoms with Crippen LogP contribution in [0.1, 0.15) is 19.3 Å². The second kappa shape index (κ2) is 4.54. The summed E-state index contributed by atoms with van der Waals surface area (Å²) >= 11 is 0. The van der Waals surface area contributed by atoms with Crippen molar-refractivity contribution in [2.45, 2.75) is 24.2 Å². The van der Waals surface area contributed by atoms with Crippen LogP contribution in [0, 0.1) is 5.92 Å². The van der Waals surface area contributed by atoms with Crippen molar-refractivity contribution in [3.05, 3.63) is 18.2 Å². The van der Waals surface area contributed by atoms with Crippen LogP contribution in [-0.2, 0) is 10.0 Å². The predicted molar refractivity (Wildman–Crippen MR) is 65.1 cm³/mol. The minimum Gasteiger partial charge on any atom is -0.491 e. The van der Waals surface area contributed by atoms with E-state index in [0.29, 0.717) is 12.4 Å². The van der Waals surface area contributed by atoms with E-state index in [1.807, 2.05) is 0 Å². The van der Waals surface area contributed by atoms with Crippen molar-refractivity contribution in [2.75, 3.05) is 12.3 Å². The molecule has 6 heteroatoms. The fourth-order valence-electron chi connectivity index (χ4n) is 1.64. The smallest absolute Gasteiger partial charge is 0.240 e. The van der Waals surface area contributed by atoms with Gasteiger partial charge in [-0.1, -0.05) is 18.9 Å². The number of hydrogen-bond donors (Lipinski definition) is 2. The Morgan fingerprint density at radius 2 is 2.06 bits per heavy atom. The third-order valence-corrected chi connectivity index (χ3v) is 3.78. The lowest BCUT2D eigenvalue weighted by Crippen LogP contribution is -2.15. The van der Waals surface area contributed by atoms with Crippen LogP contribution in [0.2, 0.25) is 0 Å². The molecule has 0 aromatic heterocycles. The van der Waals surface area contributed by atoms with Crippen molar-refractivity contribution in [1.82, 2.24) is 0 Å². The Morgan fingerprint density at radius 3 is 2.65 bits per heavy atom. The number of para-hydroxylation sites is 1. The van der Waals surface area contributed by atoms with Gasteiger partial charge in [0.2, 0.25) is 10.0 Å². The first kappa shape index (κ1) is 12.2. The summed E-state index contributed by atoms with van der Waals surface area (Å²) in [6.07, 6.45) is 3.51. The Hall–Kier alpha value is -1.27. The number of nitrogens with two attached hydrogens (primary N) is 2. The molecule has 0 saturated heterocycles. The van der Waals surface area contributed by atoms with Gasteiger partial charge in [-0.05, 0) is 24.5 Å². The summed E-state index contributed by atoms with van der Waals surface area (Å²) in [7, 11) is -3.79. The number of primary sulfonamides is 1. The van der Waals surface area contributed by atoms with Gasteiger partial charge in [0, 0.05) is 0 Å². The summed E-state index contributed by atoms with van der Waals surface area (Å²) in [5.74, 6) is 1.15. The highest BCUT2D eigenvalue weighted by Gasteiger charge is 2.21. The number of ether oxygens (including phenoxy) is 1. The van der Waals surface area contributed by atoms with Crippen LogP contribution in [0.5, 0.6) is 5.75 Å². The zero-order valence-corrected chi connectivity index (χ0v) is 10.2. The maximum absolute atomic E-state index is 11.2. The van der Waals surface area contributed by atoms with E-state index in [9.17, 15) is 8.42 Å². The van der Waals surface area contributed by atoms with Crippen molar-refractivity contribution in [2.24, 2.45) is 11.1 Å². The SMILES string of the molecule is Nc1c(OCCC2CC2)cccc1S(N)(=O)=O. The molecule has 17 heavy (non-hydrogen) atoms. The summed E-state index contributed by atoms with van der Waals surface area (Å²) in [6, 6.07) is 4.60. The van der Waals surface area contributed by atoms with E-state index in [4.69, 9.17) is 15.6 Å². The average molecular weight is 256 g/mol. The van der Waals surface area contributed by atoms with Crippen molar-refractivity contribution >= 4 is 15.7 Å². The molecular weight excluding hydrogens is 240 g/mol. The van der Waals surface area contributed by atoms with Crippen molar-refractivity contribution in [3.63, 3.8) is 0 Å². The third kappa shape index (κ3) is 3.10. The second-order valence-electron chi connectivity index (χ2n) is 4.29. The number of sulfonamides is 1. The Morgan fingerprint density at radius 1 is 1.35 bits per heavy atom. The second-order valence-corrected chi connectivity index (χ2v) is 5.82. The fraction of sp³-hybridized carbons (Fsp3) is 0.455. The minimum atomic E-state index is -3.79. The maximum Gasteiger partial charge on any atom is 0.240 e. The summed E-state index contributed by atoms with van der Waals surface area (Å²) in [6.45, 7) is 0.558. The monoisotopic (exact) mass is 256 g/mol. The lowest BCUT2D eigenvalue weighted by Gasteiger charge is -2.10. The largest absolute Gasteiger partial charge is 0.491 e. The van der Waals surface area contributed by atoms with Crippen LogP contribution in [0.4, 0.5) is 5.69 Å². The molecule has 1 aliphatic rings. The van der Waals surface area contributed by atoms with Gasteiger partial charge in [-0.15, -0.1) is 0 Å². The Bertz CT molecular complexity index is 509. The predicted octanol–water partition coefficient (Wildman–Crippen LogP) is 1.10. The molecule has 0 radical (unpaired) electrons. The van der Waals surface area contributed by atoms with Gasteiger partial charge in [0.05, 0.1) is 12.3 Å². The molecule has 5 nitrogen and oxygen atoms in total. The van der Waals surface area contributed by atoms with E-state index in [2.05, 4.69) is 0 Å². The average Bonchev–Trinajstić information content (AvgIpc) is 3.02. The zero-order valence-electron chi connectivity index (χ0n) is 9.43. The van der Waals surface area contributed by atoms with Crippen LogP contribution in [0.25, 0.3) is 0 Å². The van der Waals surface area contributed by atoms with Crippen LogP contribution < -0.4 is 15.6 Å². The number of nitrogen functional groups attached to an aromatic ring is 1. The van der Waals surface area contributed by atoms with Crippen LogP contribution in [0.15, 0.2) is 23.1 Å². The molecule has 0 spiro atoms. The first-order valence-electron chi connectivity index (χ1n) is 5.52. The highest BCUT2D eigenvalue weighted by molar-refractivity contribution is 7.89. The van der Waals surface area contributed by atoms with Crippen molar-refractivity contribution < 1.29 is 13.2 Å². The molecule has 0 bridgehead atoms. The molecule has 1 aromatic rings. The van der Waals surface area contributed by atoms with Gasteiger partial charge in [-0.25, -0.2) is 13.6 Å². The summed E-state index contributed by atoms with van der Waals surface area (Å²) in [5.41, 5.74) is 5.81. The molecule has 2 rings (SSSR count). The molecule has 1 saturated carbocycles. The molecule has 0 amide bonds. The lowest BCUT2D eigenvalue weighted by molar-refractivity contribution is 0.303. The number of anilines is 1. The molecule has 94 valence electrons. The van der Waals surface area contributed by atoms with E-state index >= 15 is 0 Å². The third-order valence-electron chi connectivity index (χ3n) is 2.81. The van der Waals surface area contributed by atoms with Gasteiger partial charge in [0.15, 0.2) is 0 Å². The quantitative estimate of drug-likeness (QED) is 0.771. The minimum absolute atomic E-state index is 0.0820. The van der Waals surface area contributed by atoms with E-state index in [1.165, 1.54) is 18.9 Å². The molecular formula is C11H16N2O3S. The van der Waals surface area contributed by atoms with E-state index in [0.717, 1.165) is 12.3 Å². The van der Waals surface area contributed by atoms with E-state index in [1.54, 1.807) is 12.1 Å². The van der Waals surface area contributed by atoms with Crippen LogP contribution in [-0.4, -0.2) is 15.0 Å². The van der Waals surface area contributed by atoms with Crippen molar-refractivity contribution in [1.29, 1.82) is 0 Å². The van der Waals surface area contributed by atoms with Crippen molar-refractivity contribution in [3.8, 4) is 5.75 Å². The fourth-order valence-corrected chi connectivity index (χ4v) is 2.32. The number of rotatable bonds is 5. The van der Waals surface area contributed by atoms with Gasteiger partial charge in [-0.2, -0.15) is 0 Å². The highest BCUT2D eigenvalue weighted by Crippen LogP contribution is 2.33. The van der Waals surface area contributed by atoms with Gasteiger partial charge < -0.3 is 10.5 Å². The standard InChI is InChI=1S/C11H16N2O3S/c12-11-9(16-7-6-8-4-5-8)2-1-3-10(11)17(13,14)15/h1-3,8H,4-7,12H2,(H2,13,14,15). The highest BCUT2D eigenvalue weighted by atomic mass is 32.2. The summed E-state index contributed by atoms with van der Waals surface area (Å²) < 4.78 is 28.0. The molecule has 0 heterocycles. The first-order chi connectivity index (χ1) is 7.98. The molecule has 1 aliphatic carbocycles. The van der Waals surface area contributed by atoms with Crippen LogP contribution in [0.3, 0.4) is 0 Å². The van der Waals surface area contributed by atoms with Gasteiger partial charge in [0.25, 0.3) is 0 Å². The first-order valence-corrected chi connectivity index (χ1v) is 7.07. The van der Waals surface area contributed by atoms with E-state index < -0.39 is 10.0 Å². The molecule has 1 fully saturated rings. The lowest BCUT2D eigenvalue weighted by atomic mass is 10.3. The zero-order chi connectivity index (χ0) is 12.5. The molecule has 0 atom stereocenters. The molecule has 0 aliphatic heterocycles. The molecule has 1 aromatic carbocycles. The normalized spacial score (nSPS) is 15.8. The molecule has 4 N–H and O–H groups in total. The van der Waals surface area contributed by atoms with Crippen LogP contribution >= 0.6 is 0 Å². The Balaban J connectivity index is 2.11. The summed E-state index contributed by atoms with van der Waals surface area (Å²) in [4.78, 5) is -0.0820. The molecule has 0 unspecified atom stereocenters. The Labute approximate surface area is 101 Å². The van der Waals surface area contributed by atoms with E-state index in [-0.39, 0.29) is 10.6 Å². The number of benzene rings is 1. The van der Waals surface area contributed by atoms with Gasteiger partial charge >= 0.3 is 0 Å². The van der Waals surface area contributed by atoms with Gasteiger partial charge in [0.1, 0.15) is 10.6 Å². The number of hydrogen-bond acceptors (Lipinski definition) is 4. The Kier molecular flexibility index (Phi) is 3.26. The summed E-state index contributed by atoms with van der Waals surface area (Å²) in [5, 5.41) is 5.05.